The number of nitrogens with zero attached hydrogens (tertiary/aromatic N) is 1. The minimum Gasteiger partial charge on any atom is -0.480 e. The molecule has 0 aromatic rings. The lowest BCUT2D eigenvalue weighted by Gasteiger charge is -2.22. The van der Waals surface area contributed by atoms with Crippen molar-refractivity contribution in [2.75, 3.05) is 19.7 Å². The molecule has 0 heterocycles. The summed E-state index contributed by atoms with van der Waals surface area (Å²) in [6.45, 7) is -1.62. The maximum atomic E-state index is 11.7. The molecule has 0 radical (unpaired) electrons. The van der Waals surface area contributed by atoms with Crippen molar-refractivity contribution < 1.29 is 29.4 Å². The van der Waals surface area contributed by atoms with Gasteiger partial charge in [0.25, 0.3) is 0 Å². The molecule has 0 aliphatic rings. The molecule has 10 nitrogen and oxygen atoms in total. The number of hydrogen-bond donors (Lipinski definition) is 5. The van der Waals surface area contributed by atoms with Crippen LogP contribution in [0.15, 0.2) is 0 Å². The summed E-state index contributed by atoms with van der Waals surface area (Å²) in [5.74, 6) is -3.13. The van der Waals surface area contributed by atoms with Crippen molar-refractivity contribution in [2.24, 2.45) is 11.5 Å². The van der Waals surface area contributed by atoms with Gasteiger partial charge in [0.15, 0.2) is 0 Å². The highest BCUT2D eigenvalue weighted by molar-refractivity contribution is 5.89. The molecule has 1 atom stereocenters. The number of amides is 4. The smallest absolute Gasteiger partial charge is 0.326 e. The molecule has 10 heteroatoms. The van der Waals surface area contributed by atoms with Gasteiger partial charge in [0, 0.05) is 13.0 Å². The molecule has 0 aliphatic heterocycles. The number of urea groups is 1. The minimum absolute atomic E-state index is 0.220. The van der Waals surface area contributed by atoms with E-state index in [0.717, 1.165) is 0 Å². The van der Waals surface area contributed by atoms with E-state index >= 15 is 0 Å². The van der Waals surface area contributed by atoms with Gasteiger partial charge in [-0.1, -0.05) is 0 Å². The zero-order valence-corrected chi connectivity index (χ0v) is 10.0. The second kappa shape index (κ2) is 7.87. The van der Waals surface area contributed by atoms with E-state index in [1.807, 2.05) is 5.32 Å². The summed E-state index contributed by atoms with van der Waals surface area (Å²) < 4.78 is 0. The Hall–Kier alpha value is -2.36. The summed E-state index contributed by atoms with van der Waals surface area (Å²) in [7, 11) is 0. The van der Waals surface area contributed by atoms with E-state index in [1.54, 1.807) is 0 Å². The highest BCUT2D eigenvalue weighted by Gasteiger charge is 2.24. The van der Waals surface area contributed by atoms with E-state index in [0.29, 0.717) is 4.90 Å². The Morgan fingerprint density at radius 1 is 1.11 bits per heavy atom. The highest BCUT2D eigenvalue weighted by Crippen LogP contribution is 1.96. The van der Waals surface area contributed by atoms with Crippen LogP contribution in [0.1, 0.15) is 6.42 Å². The van der Waals surface area contributed by atoms with Crippen LogP contribution < -0.4 is 16.8 Å². The number of carbonyl (C=O) groups is 4. The predicted molar refractivity (Wildman–Crippen MR) is 61.6 cm³/mol. The first kappa shape index (κ1) is 16.6. The lowest BCUT2D eigenvalue weighted by molar-refractivity contribution is -0.139. The van der Waals surface area contributed by atoms with Gasteiger partial charge < -0.3 is 31.9 Å². The van der Waals surface area contributed by atoms with Crippen LogP contribution in [-0.2, 0) is 14.4 Å². The van der Waals surface area contributed by atoms with E-state index < -0.39 is 49.6 Å². The van der Waals surface area contributed by atoms with Crippen LogP contribution in [-0.4, -0.2) is 64.7 Å². The second-order valence-corrected chi connectivity index (χ2v) is 3.64. The Morgan fingerprint density at radius 2 is 1.58 bits per heavy atom. The first-order chi connectivity index (χ1) is 8.77. The Bertz CT molecular complexity index is 356. The molecule has 0 aromatic carbocycles. The van der Waals surface area contributed by atoms with Gasteiger partial charge >= 0.3 is 12.0 Å². The number of primary amides is 2. The summed E-state index contributed by atoms with van der Waals surface area (Å²) >= 11 is 0. The molecule has 19 heavy (non-hydrogen) atoms. The SMILES string of the molecule is NC(=O)CN(CC(N)=O)C(=O)NC(CCO)C(=O)O. The largest absolute Gasteiger partial charge is 0.480 e. The fourth-order valence-electron chi connectivity index (χ4n) is 1.20. The first-order valence-electron chi connectivity index (χ1n) is 5.23. The second-order valence-electron chi connectivity index (χ2n) is 3.64. The van der Waals surface area contributed by atoms with Gasteiger partial charge in [-0.15, -0.1) is 0 Å². The van der Waals surface area contributed by atoms with Crippen LogP contribution in [0.3, 0.4) is 0 Å². The van der Waals surface area contributed by atoms with Crippen LogP contribution in [0.5, 0.6) is 0 Å². The van der Waals surface area contributed by atoms with Gasteiger partial charge in [-0.3, -0.25) is 9.59 Å². The van der Waals surface area contributed by atoms with Crippen LogP contribution in [0.25, 0.3) is 0 Å². The van der Waals surface area contributed by atoms with E-state index in [4.69, 9.17) is 21.7 Å². The normalized spacial score (nSPS) is 11.4. The van der Waals surface area contributed by atoms with Crippen LogP contribution in [0, 0.1) is 0 Å². The van der Waals surface area contributed by atoms with Gasteiger partial charge in [-0.2, -0.15) is 0 Å². The standard InChI is InChI=1S/C9H16N4O6/c10-6(15)3-13(4-7(11)16)9(19)12-5(1-2-14)8(17)18/h5,14H,1-4H2,(H2,10,15)(H2,11,16)(H,12,19)(H,17,18). The van der Waals surface area contributed by atoms with E-state index in [9.17, 15) is 19.2 Å². The van der Waals surface area contributed by atoms with Gasteiger partial charge in [0.2, 0.25) is 11.8 Å². The molecule has 4 amide bonds. The average molecular weight is 276 g/mol. The number of rotatable bonds is 8. The van der Waals surface area contributed by atoms with E-state index in [1.165, 1.54) is 0 Å². The monoisotopic (exact) mass is 276 g/mol. The Labute approximate surface area is 108 Å². The maximum absolute atomic E-state index is 11.7. The Kier molecular flexibility index (Phi) is 6.89. The highest BCUT2D eigenvalue weighted by atomic mass is 16.4. The molecule has 1 unspecified atom stereocenters. The lowest BCUT2D eigenvalue weighted by atomic mass is 10.2. The van der Waals surface area contributed by atoms with Crippen molar-refractivity contribution >= 4 is 23.8 Å². The summed E-state index contributed by atoms with van der Waals surface area (Å²) in [5.41, 5.74) is 9.77. The van der Waals surface area contributed by atoms with Gasteiger partial charge in [-0.25, -0.2) is 9.59 Å². The van der Waals surface area contributed by atoms with Crippen molar-refractivity contribution in [3.05, 3.63) is 0 Å². The Morgan fingerprint density at radius 3 is 1.89 bits per heavy atom. The van der Waals surface area contributed by atoms with Crippen molar-refractivity contribution in [1.29, 1.82) is 0 Å². The number of carboxylic acid groups (broad SMARTS) is 1. The number of nitrogens with one attached hydrogen (secondary N) is 1. The number of nitrogens with two attached hydrogens (primary N) is 2. The molecular weight excluding hydrogens is 260 g/mol. The van der Waals surface area contributed by atoms with Gasteiger partial charge in [-0.05, 0) is 0 Å². The molecule has 0 bridgehead atoms. The van der Waals surface area contributed by atoms with Crippen molar-refractivity contribution in [2.45, 2.75) is 12.5 Å². The molecule has 0 spiro atoms. The molecule has 0 saturated heterocycles. The summed E-state index contributed by atoms with van der Waals surface area (Å²) in [4.78, 5) is 44.6. The number of aliphatic carboxylic acids is 1. The molecule has 0 saturated carbocycles. The maximum Gasteiger partial charge on any atom is 0.326 e. The van der Waals surface area contributed by atoms with Gasteiger partial charge in [0.1, 0.15) is 19.1 Å². The van der Waals surface area contributed by atoms with Crippen molar-refractivity contribution in [3.63, 3.8) is 0 Å². The van der Waals surface area contributed by atoms with Crippen molar-refractivity contribution in [1.82, 2.24) is 10.2 Å². The topological polar surface area (TPSA) is 176 Å². The fourth-order valence-corrected chi connectivity index (χ4v) is 1.20. The summed E-state index contributed by atoms with van der Waals surface area (Å²) in [5, 5.41) is 19.5. The van der Waals surface area contributed by atoms with Gasteiger partial charge in [0.05, 0.1) is 0 Å². The zero-order valence-electron chi connectivity index (χ0n) is 10.0. The zero-order chi connectivity index (χ0) is 15.0. The van der Waals surface area contributed by atoms with Crippen LogP contribution in [0.2, 0.25) is 0 Å². The molecule has 7 N–H and O–H groups in total. The third-order valence-electron chi connectivity index (χ3n) is 1.99. The number of aliphatic hydroxyl groups excluding tert-OH is 1. The number of carboxylic acids is 1. The van der Waals surface area contributed by atoms with E-state index in [-0.39, 0.29) is 6.42 Å². The molecular formula is C9H16N4O6. The molecule has 0 aliphatic carbocycles. The number of aliphatic hydroxyl groups is 1. The van der Waals surface area contributed by atoms with Crippen LogP contribution >= 0.6 is 0 Å². The predicted octanol–water partition coefficient (Wildman–Crippen LogP) is -3.20. The number of hydrogen-bond acceptors (Lipinski definition) is 5. The minimum atomic E-state index is -1.36. The Balaban J connectivity index is 4.72. The van der Waals surface area contributed by atoms with Crippen LogP contribution in [0.4, 0.5) is 4.79 Å². The molecule has 108 valence electrons. The fraction of sp³-hybridized carbons (Fsp3) is 0.556. The lowest BCUT2D eigenvalue weighted by Crippen LogP contribution is -2.52. The number of carbonyl (C=O) groups excluding carboxylic acids is 3. The average Bonchev–Trinajstić information content (AvgIpc) is 2.25. The molecule has 0 rings (SSSR count). The third kappa shape index (κ3) is 6.83. The van der Waals surface area contributed by atoms with Crippen molar-refractivity contribution in [3.8, 4) is 0 Å². The summed E-state index contributed by atoms with van der Waals surface area (Å²) in [6.07, 6.45) is -0.220. The third-order valence-corrected chi connectivity index (χ3v) is 1.99. The molecule has 0 aromatic heterocycles. The first-order valence-corrected chi connectivity index (χ1v) is 5.23. The van der Waals surface area contributed by atoms with E-state index in [2.05, 4.69) is 0 Å². The quantitative estimate of drug-likeness (QED) is 0.312. The molecule has 0 fully saturated rings. The summed E-state index contributed by atoms with van der Waals surface area (Å²) in [6, 6.07) is -2.33.